The van der Waals surface area contributed by atoms with Gasteiger partial charge in [0.2, 0.25) is 11.0 Å². The molecule has 0 fully saturated rings. The van der Waals surface area contributed by atoms with Crippen molar-refractivity contribution in [2.75, 3.05) is 11.4 Å². The van der Waals surface area contributed by atoms with E-state index >= 15 is 0 Å². The van der Waals surface area contributed by atoms with Gasteiger partial charge >= 0.3 is 0 Å². The molecule has 1 aromatic heterocycles. The fourth-order valence-corrected chi connectivity index (χ4v) is 4.16. The van der Waals surface area contributed by atoms with Crippen LogP contribution in [0.4, 0.5) is 5.13 Å². The van der Waals surface area contributed by atoms with E-state index in [1.54, 1.807) is 0 Å². The molecular formula is C19H28N4O2S2. The predicted molar refractivity (Wildman–Crippen MR) is 115 cm³/mol. The number of anilines is 1. The van der Waals surface area contributed by atoms with Crippen molar-refractivity contribution in [3.63, 3.8) is 0 Å². The molecule has 2 atom stereocenters. The topological polar surface area (TPSA) is 102 Å². The summed E-state index contributed by atoms with van der Waals surface area (Å²) in [5, 5.41) is 0.133. The van der Waals surface area contributed by atoms with Crippen LogP contribution in [-0.2, 0) is 9.59 Å². The molecule has 1 aromatic carbocycles. The van der Waals surface area contributed by atoms with Gasteiger partial charge in [-0.1, -0.05) is 43.7 Å². The van der Waals surface area contributed by atoms with Gasteiger partial charge in [-0.05, 0) is 43.9 Å². The van der Waals surface area contributed by atoms with E-state index in [1.807, 2.05) is 38.1 Å². The molecule has 0 saturated heterocycles. The first kappa shape index (κ1) is 21.8. The van der Waals surface area contributed by atoms with Crippen LogP contribution in [0.15, 0.2) is 24.3 Å². The van der Waals surface area contributed by atoms with E-state index in [0.29, 0.717) is 24.5 Å². The lowest BCUT2D eigenvalue weighted by Crippen LogP contribution is -2.51. The second kappa shape index (κ2) is 10.2. The van der Waals surface area contributed by atoms with E-state index in [9.17, 15) is 9.59 Å². The Morgan fingerprint density at radius 1 is 1.26 bits per heavy atom. The maximum absolute atomic E-state index is 13.2. The van der Waals surface area contributed by atoms with E-state index in [4.69, 9.17) is 11.5 Å². The van der Waals surface area contributed by atoms with Crippen LogP contribution in [0.1, 0.15) is 39.5 Å². The minimum Gasteiger partial charge on any atom is -0.330 e. The van der Waals surface area contributed by atoms with E-state index in [1.165, 1.54) is 16.2 Å². The first-order chi connectivity index (χ1) is 12.8. The Balaban J connectivity index is 2.40. The summed E-state index contributed by atoms with van der Waals surface area (Å²) in [6.07, 6.45) is 2.59. The molecule has 0 bridgehead atoms. The van der Waals surface area contributed by atoms with Crippen molar-refractivity contribution in [2.45, 2.75) is 51.6 Å². The van der Waals surface area contributed by atoms with Crippen molar-refractivity contribution in [3.8, 4) is 0 Å². The number of thiazole rings is 1. The average Bonchev–Trinajstić information content (AvgIpc) is 3.04. The SMILES string of the molecule is CC(C)C[C@H](C(=O)S)N(C(=O)[C@H](N)CCCCN)c1nc2ccccc2s1. The molecule has 0 radical (unpaired) electrons. The Kier molecular flexibility index (Phi) is 8.22. The third kappa shape index (κ3) is 5.75. The number of carbonyl (C=O) groups excluding carboxylic acids is 2. The lowest BCUT2D eigenvalue weighted by Gasteiger charge is -2.30. The number of nitrogens with two attached hydrogens (primary N) is 2. The predicted octanol–water partition coefficient (Wildman–Crippen LogP) is 2.96. The van der Waals surface area contributed by atoms with Crippen molar-refractivity contribution in [2.24, 2.45) is 17.4 Å². The van der Waals surface area contributed by atoms with Gasteiger partial charge in [-0.25, -0.2) is 4.98 Å². The summed E-state index contributed by atoms with van der Waals surface area (Å²) in [6, 6.07) is 6.25. The van der Waals surface area contributed by atoms with E-state index < -0.39 is 12.1 Å². The molecule has 0 aliphatic rings. The maximum Gasteiger partial charge on any atom is 0.246 e. The van der Waals surface area contributed by atoms with Crippen molar-refractivity contribution in [1.82, 2.24) is 4.98 Å². The molecule has 0 aliphatic heterocycles. The molecule has 0 saturated carbocycles. The first-order valence-corrected chi connectivity index (χ1v) is 10.5. The van der Waals surface area contributed by atoms with Crippen LogP contribution in [-0.4, -0.2) is 34.6 Å². The summed E-state index contributed by atoms with van der Waals surface area (Å²) in [5.41, 5.74) is 12.5. The summed E-state index contributed by atoms with van der Waals surface area (Å²) in [5.74, 6) is -0.0802. The highest BCUT2D eigenvalue weighted by atomic mass is 32.1. The standard InChI is InChI=1S/C19H28N4O2S2/c1-12(2)11-15(18(25)26)23(17(24)13(21)7-5-6-10-20)19-22-14-8-3-4-9-16(14)27-19/h3-4,8-9,12-13,15H,5-7,10-11,20-21H2,1-2H3,(H,25,26)/t13-,15-/m1/s1. The molecule has 0 unspecified atom stereocenters. The number of unbranched alkanes of at least 4 members (excludes halogenated alkanes) is 1. The number of thiol groups is 1. The zero-order valence-electron chi connectivity index (χ0n) is 15.8. The van der Waals surface area contributed by atoms with Gasteiger partial charge in [0.1, 0.15) is 6.04 Å². The Labute approximate surface area is 169 Å². The Hall–Kier alpha value is -1.48. The molecule has 8 heteroatoms. The first-order valence-electron chi connectivity index (χ1n) is 9.22. The summed E-state index contributed by atoms with van der Waals surface area (Å²) in [6.45, 7) is 4.57. The van der Waals surface area contributed by atoms with Gasteiger partial charge in [0.25, 0.3) is 0 Å². The summed E-state index contributed by atoms with van der Waals surface area (Å²) in [4.78, 5) is 31.5. The Morgan fingerprint density at radius 3 is 2.56 bits per heavy atom. The van der Waals surface area contributed by atoms with E-state index in [0.717, 1.165) is 23.1 Å². The summed E-state index contributed by atoms with van der Waals surface area (Å²) in [7, 11) is 0. The van der Waals surface area contributed by atoms with Crippen LogP contribution in [0.5, 0.6) is 0 Å². The minimum absolute atomic E-state index is 0.212. The number of fused-ring (bicyclic) bond motifs is 1. The molecule has 2 rings (SSSR count). The number of nitrogens with zero attached hydrogens (tertiary/aromatic N) is 2. The van der Waals surface area contributed by atoms with Gasteiger partial charge in [0, 0.05) is 0 Å². The van der Waals surface area contributed by atoms with Gasteiger partial charge in [-0.3, -0.25) is 14.5 Å². The van der Waals surface area contributed by atoms with Crippen molar-refractivity contribution in [1.29, 1.82) is 0 Å². The molecule has 6 nitrogen and oxygen atoms in total. The molecule has 0 aliphatic carbocycles. The Bertz CT molecular complexity index is 745. The third-order valence-corrected chi connectivity index (χ3v) is 5.64. The number of hydrogen-bond donors (Lipinski definition) is 3. The average molecular weight is 409 g/mol. The number of benzene rings is 1. The number of para-hydroxylation sites is 1. The van der Waals surface area contributed by atoms with Gasteiger partial charge in [0.05, 0.1) is 16.3 Å². The van der Waals surface area contributed by atoms with Crippen molar-refractivity contribution in [3.05, 3.63) is 24.3 Å². The molecule has 27 heavy (non-hydrogen) atoms. The fraction of sp³-hybridized carbons (Fsp3) is 0.526. The normalized spacial score (nSPS) is 13.7. The van der Waals surface area contributed by atoms with Crippen molar-refractivity contribution >= 4 is 50.3 Å². The number of hydrogen-bond acceptors (Lipinski definition) is 6. The minimum atomic E-state index is -0.703. The highest BCUT2D eigenvalue weighted by molar-refractivity contribution is 7.96. The van der Waals surface area contributed by atoms with Crippen LogP contribution >= 0.6 is 24.0 Å². The van der Waals surface area contributed by atoms with Gasteiger partial charge in [-0.15, -0.1) is 12.6 Å². The molecule has 148 valence electrons. The van der Waals surface area contributed by atoms with E-state index in [-0.39, 0.29) is 16.9 Å². The van der Waals surface area contributed by atoms with Crippen LogP contribution in [0.2, 0.25) is 0 Å². The van der Waals surface area contributed by atoms with Crippen molar-refractivity contribution < 1.29 is 9.59 Å². The van der Waals surface area contributed by atoms with Gasteiger partial charge in [-0.2, -0.15) is 0 Å². The van der Waals surface area contributed by atoms with Crippen LogP contribution in [0, 0.1) is 5.92 Å². The summed E-state index contributed by atoms with van der Waals surface area (Å²) < 4.78 is 0.955. The quantitative estimate of drug-likeness (QED) is 0.414. The lowest BCUT2D eigenvalue weighted by molar-refractivity contribution is -0.123. The summed E-state index contributed by atoms with van der Waals surface area (Å²) >= 11 is 5.44. The number of carbonyl (C=O) groups is 2. The zero-order chi connectivity index (χ0) is 20.0. The smallest absolute Gasteiger partial charge is 0.246 e. The molecule has 1 heterocycles. The maximum atomic E-state index is 13.2. The largest absolute Gasteiger partial charge is 0.330 e. The molecule has 0 spiro atoms. The number of aromatic nitrogens is 1. The molecule has 4 N–H and O–H groups in total. The number of amides is 1. The fourth-order valence-electron chi connectivity index (χ4n) is 2.92. The molecule has 2 aromatic rings. The monoisotopic (exact) mass is 408 g/mol. The molecule has 1 amide bonds. The Morgan fingerprint density at radius 2 is 1.96 bits per heavy atom. The van der Waals surface area contributed by atoms with Crippen LogP contribution in [0.25, 0.3) is 10.2 Å². The van der Waals surface area contributed by atoms with Gasteiger partial charge < -0.3 is 11.5 Å². The van der Waals surface area contributed by atoms with Gasteiger partial charge in [0.15, 0.2) is 5.13 Å². The van der Waals surface area contributed by atoms with E-state index in [2.05, 4.69) is 17.6 Å². The second-order valence-corrected chi connectivity index (χ2v) is 8.50. The highest BCUT2D eigenvalue weighted by Crippen LogP contribution is 2.32. The highest BCUT2D eigenvalue weighted by Gasteiger charge is 2.34. The zero-order valence-corrected chi connectivity index (χ0v) is 17.5. The number of rotatable bonds is 10. The third-order valence-electron chi connectivity index (χ3n) is 4.30. The van der Waals surface area contributed by atoms with Crippen LogP contribution in [0.3, 0.4) is 0 Å². The molecular weight excluding hydrogens is 380 g/mol. The van der Waals surface area contributed by atoms with Crippen LogP contribution < -0.4 is 16.4 Å². The lowest BCUT2D eigenvalue weighted by atomic mass is 10.0. The second-order valence-electron chi connectivity index (χ2n) is 7.05.